The molecule has 1 amide bonds. The predicted molar refractivity (Wildman–Crippen MR) is 77.7 cm³/mol. The molecule has 1 aliphatic heterocycles. The van der Waals surface area contributed by atoms with Crippen molar-refractivity contribution in [3.8, 4) is 5.75 Å². The Kier molecular flexibility index (Phi) is 5.20. The van der Waals surface area contributed by atoms with Crippen molar-refractivity contribution in [3.63, 3.8) is 0 Å². The van der Waals surface area contributed by atoms with Crippen LogP contribution in [0.5, 0.6) is 5.75 Å². The van der Waals surface area contributed by atoms with Gasteiger partial charge in [0.2, 0.25) is 5.91 Å². The number of hydrogen-bond donors (Lipinski definition) is 1. The number of carbonyl (C=O) groups is 2. The van der Waals surface area contributed by atoms with Crippen molar-refractivity contribution >= 4 is 11.9 Å². The number of likely N-dealkylation sites (tertiary alicyclic amines) is 1. The number of phenolic OH excluding ortho intramolecular Hbond substituents is 1. The van der Waals surface area contributed by atoms with E-state index in [-0.39, 0.29) is 30.0 Å². The number of hydrogen-bond acceptors (Lipinski definition) is 4. The van der Waals surface area contributed by atoms with Crippen molar-refractivity contribution in [2.75, 3.05) is 19.7 Å². The molecule has 1 heterocycles. The van der Waals surface area contributed by atoms with E-state index in [1.807, 2.05) is 6.07 Å². The Labute approximate surface area is 124 Å². The minimum absolute atomic E-state index is 0.0189. The molecule has 2 rings (SSSR count). The second kappa shape index (κ2) is 7.11. The summed E-state index contributed by atoms with van der Waals surface area (Å²) in [5.41, 5.74) is 0.776. The van der Waals surface area contributed by atoms with Gasteiger partial charge in [0.25, 0.3) is 0 Å². The lowest BCUT2D eigenvalue weighted by Crippen LogP contribution is -2.43. The van der Waals surface area contributed by atoms with E-state index in [1.54, 1.807) is 30.0 Å². The molecule has 1 aromatic carbocycles. The topological polar surface area (TPSA) is 66.8 Å². The SMILES string of the molecule is CCOC(=O)[C@@H]1CCCN(C(=O)Cc2cccc(O)c2)C1. The molecule has 0 unspecified atom stereocenters. The molecule has 5 heteroatoms. The van der Waals surface area contributed by atoms with Gasteiger partial charge in [0.05, 0.1) is 18.9 Å². The molecule has 1 atom stereocenters. The van der Waals surface area contributed by atoms with Crippen LogP contribution in [0.15, 0.2) is 24.3 Å². The molecule has 0 aromatic heterocycles. The molecule has 0 radical (unpaired) electrons. The first-order chi connectivity index (χ1) is 10.1. The van der Waals surface area contributed by atoms with Crippen molar-refractivity contribution in [1.82, 2.24) is 4.90 Å². The summed E-state index contributed by atoms with van der Waals surface area (Å²) in [6, 6.07) is 6.69. The number of nitrogens with zero attached hydrogens (tertiary/aromatic N) is 1. The largest absolute Gasteiger partial charge is 0.508 e. The molecular weight excluding hydrogens is 270 g/mol. The number of rotatable bonds is 4. The normalized spacial score (nSPS) is 18.3. The molecule has 0 saturated carbocycles. The number of phenols is 1. The van der Waals surface area contributed by atoms with E-state index in [4.69, 9.17) is 4.74 Å². The van der Waals surface area contributed by atoms with Crippen LogP contribution in [0.2, 0.25) is 0 Å². The van der Waals surface area contributed by atoms with Crippen LogP contribution in [0.1, 0.15) is 25.3 Å². The lowest BCUT2D eigenvalue weighted by Gasteiger charge is -2.31. The van der Waals surface area contributed by atoms with Gasteiger partial charge >= 0.3 is 5.97 Å². The Hall–Kier alpha value is -2.04. The maximum absolute atomic E-state index is 12.3. The smallest absolute Gasteiger partial charge is 0.310 e. The minimum Gasteiger partial charge on any atom is -0.508 e. The summed E-state index contributed by atoms with van der Waals surface area (Å²) in [7, 11) is 0. The van der Waals surface area contributed by atoms with E-state index >= 15 is 0 Å². The van der Waals surface area contributed by atoms with Crippen LogP contribution < -0.4 is 0 Å². The standard InChI is InChI=1S/C16H21NO4/c1-2-21-16(20)13-6-4-8-17(11-13)15(19)10-12-5-3-7-14(18)9-12/h3,5,7,9,13,18H,2,4,6,8,10-11H2,1H3/t13-/m1/s1. The fraction of sp³-hybridized carbons (Fsp3) is 0.500. The van der Waals surface area contributed by atoms with Crippen LogP contribution in [-0.4, -0.2) is 41.6 Å². The van der Waals surface area contributed by atoms with Gasteiger partial charge in [-0.2, -0.15) is 0 Å². The van der Waals surface area contributed by atoms with Crippen LogP contribution in [0.25, 0.3) is 0 Å². The van der Waals surface area contributed by atoms with Crippen molar-refractivity contribution in [2.24, 2.45) is 5.92 Å². The predicted octanol–water partition coefficient (Wildman–Crippen LogP) is 1.74. The fourth-order valence-electron chi connectivity index (χ4n) is 2.61. The van der Waals surface area contributed by atoms with Gasteiger partial charge in [-0.05, 0) is 37.5 Å². The Bertz CT molecular complexity index is 515. The highest BCUT2D eigenvalue weighted by atomic mass is 16.5. The summed E-state index contributed by atoms with van der Waals surface area (Å²) < 4.78 is 5.03. The van der Waals surface area contributed by atoms with E-state index in [2.05, 4.69) is 0 Å². The van der Waals surface area contributed by atoms with Gasteiger partial charge in [-0.15, -0.1) is 0 Å². The van der Waals surface area contributed by atoms with Crippen LogP contribution in [0.3, 0.4) is 0 Å². The summed E-state index contributed by atoms with van der Waals surface area (Å²) in [4.78, 5) is 25.8. The molecule has 0 aliphatic carbocycles. The zero-order valence-corrected chi connectivity index (χ0v) is 12.2. The number of aromatic hydroxyl groups is 1. The third-order valence-electron chi connectivity index (χ3n) is 3.66. The first-order valence-electron chi connectivity index (χ1n) is 7.32. The molecule has 1 aromatic rings. The van der Waals surface area contributed by atoms with E-state index in [9.17, 15) is 14.7 Å². The molecule has 5 nitrogen and oxygen atoms in total. The summed E-state index contributed by atoms with van der Waals surface area (Å²) >= 11 is 0. The first kappa shape index (κ1) is 15.4. The molecule has 0 bridgehead atoms. The third kappa shape index (κ3) is 4.21. The maximum atomic E-state index is 12.3. The monoisotopic (exact) mass is 291 g/mol. The summed E-state index contributed by atoms with van der Waals surface area (Å²) in [6.07, 6.45) is 1.83. The maximum Gasteiger partial charge on any atom is 0.310 e. The first-order valence-corrected chi connectivity index (χ1v) is 7.32. The Morgan fingerprint density at radius 2 is 2.24 bits per heavy atom. The number of carbonyl (C=O) groups excluding carboxylic acids is 2. The lowest BCUT2D eigenvalue weighted by molar-refractivity contribution is -0.151. The van der Waals surface area contributed by atoms with Gasteiger partial charge < -0.3 is 14.7 Å². The lowest BCUT2D eigenvalue weighted by atomic mass is 9.97. The zero-order valence-electron chi connectivity index (χ0n) is 12.2. The molecule has 21 heavy (non-hydrogen) atoms. The molecule has 0 spiro atoms. The van der Waals surface area contributed by atoms with E-state index in [0.717, 1.165) is 18.4 Å². The molecule has 1 saturated heterocycles. The van der Waals surface area contributed by atoms with Gasteiger partial charge in [0, 0.05) is 13.1 Å². The Balaban J connectivity index is 1.94. The fourth-order valence-corrected chi connectivity index (χ4v) is 2.61. The van der Waals surface area contributed by atoms with Crippen molar-refractivity contribution in [3.05, 3.63) is 29.8 Å². The van der Waals surface area contributed by atoms with Crippen LogP contribution in [0, 0.1) is 5.92 Å². The Morgan fingerprint density at radius 3 is 2.95 bits per heavy atom. The number of ether oxygens (including phenoxy) is 1. The van der Waals surface area contributed by atoms with E-state index < -0.39 is 0 Å². The summed E-state index contributed by atoms with van der Waals surface area (Å²) in [5.74, 6) is -0.294. The van der Waals surface area contributed by atoms with Crippen LogP contribution in [-0.2, 0) is 20.7 Å². The van der Waals surface area contributed by atoms with Crippen molar-refractivity contribution < 1.29 is 19.4 Å². The van der Waals surface area contributed by atoms with Gasteiger partial charge in [-0.1, -0.05) is 12.1 Å². The number of esters is 1. The van der Waals surface area contributed by atoms with Crippen molar-refractivity contribution in [1.29, 1.82) is 0 Å². The van der Waals surface area contributed by atoms with Crippen LogP contribution >= 0.6 is 0 Å². The summed E-state index contributed by atoms with van der Waals surface area (Å²) in [6.45, 7) is 3.25. The summed E-state index contributed by atoms with van der Waals surface area (Å²) in [5, 5.41) is 9.42. The number of benzene rings is 1. The Morgan fingerprint density at radius 1 is 1.43 bits per heavy atom. The molecular formula is C16H21NO4. The van der Waals surface area contributed by atoms with Crippen LogP contribution in [0.4, 0.5) is 0 Å². The zero-order chi connectivity index (χ0) is 15.2. The van der Waals surface area contributed by atoms with E-state index in [1.165, 1.54) is 0 Å². The van der Waals surface area contributed by atoms with Crippen molar-refractivity contribution in [2.45, 2.75) is 26.2 Å². The quantitative estimate of drug-likeness (QED) is 0.858. The molecule has 1 aliphatic rings. The number of amides is 1. The highest BCUT2D eigenvalue weighted by molar-refractivity contribution is 5.80. The molecule has 1 fully saturated rings. The van der Waals surface area contributed by atoms with Gasteiger partial charge in [-0.25, -0.2) is 0 Å². The van der Waals surface area contributed by atoms with E-state index in [0.29, 0.717) is 19.7 Å². The third-order valence-corrected chi connectivity index (χ3v) is 3.66. The highest BCUT2D eigenvalue weighted by Crippen LogP contribution is 2.19. The van der Waals surface area contributed by atoms with Gasteiger partial charge in [0.15, 0.2) is 0 Å². The second-order valence-corrected chi connectivity index (χ2v) is 5.28. The average molecular weight is 291 g/mol. The second-order valence-electron chi connectivity index (χ2n) is 5.28. The minimum atomic E-state index is -0.216. The molecule has 1 N–H and O–H groups in total. The average Bonchev–Trinajstić information content (AvgIpc) is 2.47. The highest BCUT2D eigenvalue weighted by Gasteiger charge is 2.29. The van der Waals surface area contributed by atoms with Gasteiger partial charge in [-0.3, -0.25) is 9.59 Å². The van der Waals surface area contributed by atoms with Gasteiger partial charge in [0.1, 0.15) is 5.75 Å². The number of piperidine rings is 1. The molecule has 114 valence electrons.